The maximum Gasteiger partial charge on any atom is 0.0586 e. The van der Waals surface area contributed by atoms with Crippen LogP contribution in [0.2, 0.25) is 0 Å². The zero-order valence-electron chi connectivity index (χ0n) is 11.4. The average Bonchev–Trinajstić information content (AvgIpc) is 3.04. The highest BCUT2D eigenvalue weighted by atomic mass is 32.1. The lowest BCUT2D eigenvalue weighted by Crippen LogP contribution is -2.53. The molecule has 2 heterocycles. The molecule has 1 aromatic heterocycles. The number of hydrogen-bond donors (Lipinski definition) is 1. The van der Waals surface area contributed by atoms with Crippen LogP contribution in [0.1, 0.15) is 56.9 Å². The molecule has 1 N–H and O–H groups in total. The van der Waals surface area contributed by atoms with Crippen molar-refractivity contribution in [2.75, 3.05) is 0 Å². The van der Waals surface area contributed by atoms with Crippen molar-refractivity contribution in [3.8, 4) is 0 Å². The second-order valence-corrected chi connectivity index (χ2v) is 6.98. The van der Waals surface area contributed by atoms with Gasteiger partial charge >= 0.3 is 0 Å². The molecule has 0 amide bonds. The van der Waals surface area contributed by atoms with Crippen LogP contribution in [0.25, 0.3) is 0 Å². The maximum atomic E-state index is 3.86. The topological polar surface area (TPSA) is 15.3 Å². The zero-order valence-corrected chi connectivity index (χ0v) is 12.2. The number of nitrogens with zero attached hydrogens (tertiary/aromatic N) is 1. The minimum absolute atomic E-state index is 0.563. The lowest BCUT2D eigenvalue weighted by Gasteiger charge is -2.41. The largest absolute Gasteiger partial charge is 0.246 e. The summed E-state index contributed by atoms with van der Waals surface area (Å²) in [4.78, 5) is 1.52. The van der Waals surface area contributed by atoms with Gasteiger partial charge in [0.15, 0.2) is 0 Å². The first-order valence-electron chi connectivity index (χ1n) is 7.33. The number of hydrazine groups is 1. The fraction of sp³-hybridized carbons (Fsp3) is 0.733. The van der Waals surface area contributed by atoms with E-state index in [1.54, 1.807) is 0 Å². The first-order valence-corrected chi connectivity index (χ1v) is 8.21. The molecule has 100 valence electrons. The van der Waals surface area contributed by atoms with Crippen molar-refractivity contribution in [3.05, 3.63) is 22.4 Å². The molecule has 1 aliphatic carbocycles. The van der Waals surface area contributed by atoms with Crippen molar-refractivity contribution in [2.24, 2.45) is 5.92 Å². The number of piperidine rings is 1. The minimum Gasteiger partial charge on any atom is -0.246 e. The lowest BCUT2D eigenvalue weighted by atomic mass is 9.99. The predicted molar refractivity (Wildman–Crippen MR) is 77.5 cm³/mol. The average molecular weight is 264 g/mol. The van der Waals surface area contributed by atoms with Gasteiger partial charge in [-0.25, -0.2) is 10.4 Å². The summed E-state index contributed by atoms with van der Waals surface area (Å²) < 4.78 is 0. The second-order valence-electron chi connectivity index (χ2n) is 6.00. The lowest BCUT2D eigenvalue weighted by molar-refractivity contribution is 0.0258. The van der Waals surface area contributed by atoms with Gasteiger partial charge in [-0.3, -0.25) is 0 Å². The maximum absolute atomic E-state index is 3.86. The highest BCUT2D eigenvalue weighted by Crippen LogP contribution is 2.43. The van der Waals surface area contributed by atoms with Crippen molar-refractivity contribution in [3.63, 3.8) is 0 Å². The van der Waals surface area contributed by atoms with Crippen LogP contribution in [0.5, 0.6) is 0 Å². The predicted octanol–water partition coefficient (Wildman–Crippen LogP) is 3.97. The van der Waals surface area contributed by atoms with Crippen LogP contribution in [0.15, 0.2) is 17.5 Å². The summed E-state index contributed by atoms with van der Waals surface area (Å²) in [7, 11) is 0. The third-order valence-corrected chi connectivity index (χ3v) is 5.38. The van der Waals surface area contributed by atoms with E-state index in [4.69, 9.17) is 0 Å². The van der Waals surface area contributed by atoms with Crippen molar-refractivity contribution in [2.45, 2.75) is 64.1 Å². The Bertz CT molecular complexity index is 362. The van der Waals surface area contributed by atoms with E-state index in [-0.39, 0.29) is 0 Å². The summed E-state index contributed by atoms with van der Waals surface area (Å²) in [6.45, 7) is 4.72. The van der Waals surface area contributed by atoms with E-state index in [2.05, 4.69) is 41.8 Å². The van der Waals surface area contributed by atoms with E-state index < -0.39 is 0 Å². The Hall–Kier alpha value is -0.380. The Morgan fingerprint density at radius 3 is 2.50 bits per heavy atom. The monoisotopic (exact) mass is 264 g/mol. The van der Waals surface area contributed by atoms with Gasteiger partial charge in [0.25, 0.3) is 0 Å². The Morgan fingerprint density at radius 1 is 1.22 bits per heavy atom. The fourth-order valence-electron chi connectivity index (χ4n) is 3.14. The van der Waals surface area contributed by atoms with Gasteiger partial charge in [0.2, 0.25) is 0 Å². The summed E-state index contributed by atoms with van der Waals surface area (Å²) in [6.07, 6.45) is 6.84. The number of hydrogen-bond acceptors (Lipinski definition) is 3. The molecule has 18 heavy (non-hydrogen) atoms. The molecule has 0 bridgehead atoms. The molecule has 3 heteroatoms. The number of nitrogens with one attached hydrogen (secondary N) is 1. The molecule has 0 radical (unpaired) electrons. The standard InChI is InChI=1S/C15H24N2S/c1-11-5-3-6-12(2)17(11)16-15(13-8-9-13)14-7-4-10-18-14/h4,7,10-13,15-16H,3,5-6,8-9H2,1-2H3. The van der Waals surface area contributed by atoms with E-state index >= 15 is 0 Å². The first kappa shape index (κ1) is 12.6. The normalized spacial score (nSPS) is 31.4. The van der Waals surface area contributed by atoms with Gasteiger partial charge in [0.1, 0.15) is 0 Å². The summed E-state index contributed by atoms with van der Waals surface area (Å²) in [5.74, 6) is 0.866. The third kappa shape index (κ3) is 2.63. The molecule has 2 fully saturated rings. The van der Waals surface area contributed by atoms with E-state index in [1.165, 1.54) is 37.0 Å². The smallest absolute Gasteiger partial charge is 0.0586 e. The van der Waals surface area contributed by atoms with Crippen LogP contribution in [0.4, 0.5) is 0 Å². The molecular formula is C15H24N2S. The zero-order chi connectivity index (χ0) is 12.5. The number of rotatable bonds is 4. The highest BCUT2D eigenvalue weighted by molar-refractivity contribution is 7.10. The van der Waals surface area contributed by atoms with Crippen LogP contribution in [0.3, 0.4) is 0 Å². The van der Waals surface area contributed by atoms with Crippen molar-refractivity contribution in [1.82, 2.24) is 10.4 Å². The Kier molecular flexibility index (Phi) is 3.73. The van der Waals surface area contributed by atoms with Crippen LogP contribution in [0, 0.1) is 5.92 Å². The molecule has 3 rings (SSSR count). The van der Waals surface area contributed by atoms with Crippen molar-refractivity contribution >= 4 is 11.3 Å². The summed E-state index contributed by atoms with van der Waals surface area (Å²) >= 11 is 1.90. The fourth-order valence-corrected chi connectivity index (χ4v) is 4.00. The molecule has 3 atom stereocenters. The summed E-state index contributed by atoms with van der Waals surface area (Å²) in [5.41, 5.74) is 3.86. The van der Waals surface area contributed by atoms with Gasteiger partial charge in [0, 0.05) is 17.0 Å². The summed E-state index contributed by atoms with van der Waals surface area (Å²) in [5, 5.41) is 4.74. The first-order chi connectivity index (χ1) is 8.75. The quantitative estimate of drug-likeness (QED) is 0.885. The molecule has 2 aliphatic rings. The molecule has 0 aromatic carbocycles. The second kappa shape index (κ2) is 5.32. The van der Waals surface area contributed by atoms with E-state index in [0.717, 1.165) is 5.92 Å². The molecular weight excluding hydrogens is 240 g/mol. The van der Waals surface area contributed by atoms with Gasteiger partial charge in [-0.2, -0.15) is 0 Å². The molecule has 1 saturated carbocycles. The van der Waals surface area contributed by atoms with Gasteiger partial charge < -0.3 is 0 Å². The minimum atomic E-state index is 0.563. The Morgan fingerprint density at radius 2 is 1.94 bits per heavy atom. The molecule has 2 nitrogen and oxygen atoms in total. The van der Waals surface area contributed by atoms with Crippen LogP contribution < -0.4 is 5.43 Å². The van der Waals surface area contributed by atoms with Crippen LogP contribution in [-0.4, -0.2) is 17.1 Å². The highest BCUT2D eigenvalue weighted by Gasteiger charge is 2.36. The molecule has 1 aliphatic heterocycles. The SMILES string of the molecule is CC1CCCC(C)N1NC(c1cccs1)C1CC1. The van der Waals surface area contributed by atoms with Gasteiger partial charge in [0.05, 0.1) is 6.04 Å². The summed E-state index contributed by atoms with van der Waals surface area (Å²) in [6, 6.07) is 6.39. The number of thiophene rings is 1. The Labute approximate surface area is 114 Å². The molecule has 3 unspecified atom stereocenters. The Balaban J connectivity index is 1.72. The van der Waals surface area contributed by atoms with Gasteiger partial charge in [-0.05, 0) is 56.9 Å². The van der Waals surface area contributed by atoms with E-state index in [0.29, 0.717) is 18.1 Å². The molecule has 0 spiro atoms. The van der Waals surface area contributed by atoms with E-state index in [1.807, 2.05) is 11.3 Å². The third-order valence-electron chi connectivity index (χ3n) is 4.42. The van der Waals surface area contributed by atoms with Crippen molar-refractivity contribution < 1.29 is 0 Å². The molecule has 1 aromatic rings. The van der Waals surface area contributed by atoms with Crippen LogP contribution >= 0.6 is 11.3 Å². The van der Waals surface area contributed by atoms with Crippen LogP contribution in [-0.2, 0) is 0 Å². The van der Waals surface area contributed by atoms with Crippen molar-refractivity contribution in [1.29, 1.82) is 0 Å². The van der Waals surface area contributed by atoms with Gasteiger partial charge in [-0.15, -0.1) is 11.3 Å². The molecule has 1 saturated heterocycles. The van der Waals surface area contributed by atoms with Gasteiger partial charge in [-0.1, -0.05) is 12.5 Å². The van der Waals surface area contributed by atoms with E-state index in [9.17, 15) is 0 Å².